The number of carboxylic acid groups (broad SMARTS) is 1. The Morgan fingerprint density at radius 1 is 1.37 bits per heavy atom. The van der Waals surface area contributed by atoms with Crippen LogP contribution in [-0.2, 0) is 14.3 Å². The maximum Gasteiger partial charge on any atom is 0.329 e. The summed E-state index contributed by atoms with van der Waals surface area (Å²) in [6.07, 6.45) is 4.82. The lowest BCUT2D eigenvalue weighted by atomic mass is 9.81. The van der Waals surface area contributed by atoms with Gasteiger partial charge >= 0.3 is 5.97 Å². The van der Waals surface area contributed by atoms with Crippen LogP contribution in [-0.4, -0.2) is 42.3 Å². The zero-order valence-electron chi connectivity index (χ0n) is 11.5. The maximum atomic E-state index is 12.0. The van der Waals surface area contributed by atoms with Crippen LogP contribution in [0, 0.1) is 0 Å². The van der Waals surface area contributed by atoms with Gasteiger partial charge in [-0.25, -0.2) is 4.79 Å². The molecule has 1 atom stereocenters. The third-order valence-corrected chi connectivity index (χ3v) is 3.68. The van der Waals surface area contributed by atoms with Gasteiger partial charge in [0.15, 0.2) is 0 Å². The molecule has 0 aromatic rings. The molecule has 1 amide bonds. The van der Waals surface area contributed by atoms with Gasteiger partial charge in [0.1, 0.15) is 5.54 Å². The van der Waals surface area contributed by atoms with E-state index in [4.69, 9.17) is 10.5 Å². The summed E-state index contributed by atoms with van der Waals surface area (Å²) in [6, 6.07) is -0.673. The molecule has 19 heavy (non-hydrogen) atoms. The van der Waals surface area contributed by atoms with Crippen LogP contribution in [0.1, 0.15) is 44.9 Å². The quantitative estimate of drug-likeness (QED) is 0.590. The number of nitrogens with two attached hydrogens (primary N) is 1. The lowest BCUT2D eigenvalue weighted by Crippen LogP contribution is -2.59. The van der Waals surface area contributed by atoms with Gasteiger partial charge in [0, 0.05) is 13.7 Å². The molecule has 0 aliphatic heterocycles. The van der Waals surface area contributed by atoms with Crippen LogP contribution < -0.4 is 11.1 Å². The van der Waals surface area contributed by atoms with E-state index in [-0.39, 0.29) is 5.91 Å². The van der Waals surface area contributed by atoms with Crippen LogP contribution in [0.2, 0.25) is 0 Å². The number of amides is 1. The Morgan fingerprint density at radius 2 is 2.00 bits per heavy atom. The number of nitrogens with one attached hydrogen (secondary N) is 1. The van der Waals surface area contributed by atoms with Crippen LogP contribution in [0.5, 0.6) is 0 Å². The Bertz CT molecular complexity index is 314. The van der Waals surface area contributed by atoms with Gasteiger partial charge in [-0.2, -0.15) is 0 Å². The molecule has 4 N–H and O–H groups in total. The molecule has 1 fully saturated rings. The van der Waals surface area contributed by atoms with Gasteiger partial charge in [-0.3, -0.25) is 4.79 Å². The maximum absolute atomic E-state index is 12.0. The number of carboxylic acids is 1. The molecule has 0 spiro atoms. The molecule has 6 nitrogen and oxygen atoms in total. The summed E-state index contributed by atoms with van der Waals surface area (Å²) in [5.41, 5.74) is 4.66. The predicted octanol–water partition coefficient (Wildman–Crippen LogP) is 0.644. The molecule has 1 unspecified atom stereocenters. The van der Waals surface area contributed by atoms with Crippen LogP contribution in [0.4, 0.5) is 0 Å². The van der Waals surface area contributed by atoms with E-state index in [2.05, 4.69) is 5.32 Å². The van der Waals surface area contributed by atoms with E-state index < -0.39 is 17.6 Å². The second kappa shape index (κ2) is 7.45. The smallest absolute Gasteiger partial charge is 0.329 e. The molecule has 1 aliphatic carbocycles. The highest BCUT2D eigenvalue weighted by Crippen LogP contribution is 2.28. The van der Waals surface area contributed by atoms with Crippen molar-refractivity contribution in [2.24, 2.45) is 5.73 Å². The van der Waals surface area contributed by atoms with Crippen molar-refractivity contribution in [2.75, 3.05) is 13.7 Å². The lowest BCUT2D eigenvalue weighted by Gasteiger charge is -2.34. The first kappa shape index (κ1) is 15.9. The molecular weight excluding hydrogens is 248 g/mol. The van der Waals surface area contributed by atoms with Gasteiger partial charge in [-0.05, 0) is 25.7 Å². The van der Waals surface area contributed by atoms with Crippen molar-refractivity contribution in [3.63, 3.8) is 0 Å². The van der Waals surface area contributed by atoms with E-state index in [0.717, 1.165) is 19.3 Å². The van der Waals surface area contributed by atoms with Crippen LogP contribution in [0.15, 0.2) is 0 Å². The SMILES string of the molecule is COCCCC(N)C(=O)NC1(C(=O)O)CCCCC1. The Kier molecular flexibility index (Phi) is 6.24. The Hall–Kier alpha value is -1.14. The van der Waals surface area contributed by atoms with Crippen LogP contribution >= 0.6 is 0 Å². The Balaban J connectivity index is 2.54. The van der Waals surface area contributed by atoms with E-state index >= 15 is 0 Å². The number of hydrogen-bond donors (Lipinski definition) is 3. The van der Waals surface area contributed by atoms with Crippen molar-refractivity contribution in [2.45, 2.75) is 56.5 Å². The van der Waals surface area contributed by atoms with Crippen LogP contribution in [0.3, 0.4) is 0 Å². The summed E-state index contributed by atoms with van der Waals surface area (Å²) in [7, 11) is 1.59. The van der Waals surface area contributed by atoms with Gasteiger partial charge in [0.25, 0.3) is 0 Å². The van der Waals surface area contributed by atoms with Gasteiger partial charge < -0.3 is 20.9 Å². The monoisotopic (exact) mass is 272 g/mol. The molecule has 1 aliphatic rings. The highest BCUT2D eigenvalue weighted by molar-refractivity contribution is 5.89. The standard InChI is InChI=1S/C13H24N2O4/c1-19-9-5-6-10(14)11(16)15-13(12(17)18)7-3-2-4-8-13/h10H,2-9,14H2,1H3,(H,15,16)(H,17,18). The minimum atomic E-state index is -1.12. The number of aliphatic carboxylic acids is 1. The Morgan fingerprint density at radius 3 is 2.53 bits per heavy atom. The normalized spacial score (nSPS) is 19.7. The summed E-state index contributed by atoms with van der Waals surface area (Å²) < 4.78 is 4.90. The number of methoxy groups -OCH3 is 1. The fraction of sp³-hybridized carbons (Fsp3) is 0.846. The van der Waals surface area contributed by atoms with E-state index in [0.29, 0.717) is 32.3 Å². The van der Waals surface area contributed by atoms with Gasteiger partial charge in [-0.15, -0.1) is 0 Å². The van der Waals surface area contributed by atoms with Crippen LogP contribution in [0.25, 0.3) is 0 Å². The lowest BCUT2D eigenvalue weighted by molar-refractivity contribution is -0.149. The molecule has 0 saturated heterocycles. The molecule has 0 aromatic carbocycles. The molecule has 0 radical (unpaired) electrons. The van der Waals surface area contributed by atoms with Crippen molar-refractivity contribution in [3.05, 3.63) is 0 Å². The molecule has 6 heteroatoms. The fourth-order valence-corrected chi connectivity index (χ4v) is 2.45. The van der Waals surface area contributed by atoms with Crippen molar-refractivity contribution in [3.8, 4) is 0 Å². The van der Waals surface area contributed by atoms with E-state index in [9.17, 15) is 14.7 Å². The topological polar surface area (TPSA) is 102 Å². The van der Waals surface area contributed by atoms with Gasteiger partial charge in [-0.1, -0.05) is 19.3 Å². The van der Waals surface area contributed by atoms with Crippen molar-refractivity contribution in [1.82, 2.24) is 5.32 Å². The summed E-state index contributed by atoms with van der Waals surface area (Å²) in [5, 5.41) is 12.0. The second-order valence-electron chi connectivity index (χ2n) is 5.18. The number of ether oxygens (including phenoxy) is 1. The van der Waals surface area contributed by atoms with E-state index in [1.165, 1.54) is 0 Å². The number of rotatable bonds is 7. The van der Waals surface area contributed by atoms with Gasteiger partial charge in [0.05, 0.1) is 6.04 Å². The molecule has 0 aromatic heterocycles. The predicted molar refractivity (Wildman–Crippen MR) is 70.7 cm³/mol. The third kappa shape index (κ3) is 4.47. The third-order valence-electron chi connectivity index (χ3n) is 3.68. The van der Waals surface area contributed by atoms with Crippen molar-refractivity contribution in [1.29, 1.82) is 0 Å². The first-order chi connectivity index (χ1) is 9.02. The highest BCUT2D eigenvalue weighted by Gasteiger charge is 2.41. The average molecular weight is 272 g/mol. The average Bonchev–Trinajstić information content (AvgIpc) is 2.39. The molecule has 110 valence electrons. The second-order valence-corrected chi connectivity index (χ2v) is 5.18. The molecule has 0 bridgehead atoms. The largest absolute Gasteiger partial charge is 0.480 e. The summed E-state index contributed by atoms with van der Waals surface area (Å²) in [6.45, 7) is 0.547. The number of hydrogen-bond acceptors (Lipinski definition) is 4. The molecule has 0 heterocycles. The van der Waals surface area contributed by atoms with Gasteiger partial charge in [0.2, 0.25) is 5.91 Å². The molecule has 1 saturated carbocycles. The summed E-state index contributed by atoms with van der Waals surface area (Å²) >= 11 is 0. The van der Waals surface area contributed by atoms with E-state index in [1.54, 1.807) is 7.11 Å². The molecule has 1 rings (SSSR count). The van der Waals surface area contributed by atoms with Crippen molar-refractivity contribution >= 4 is 11.9 Å². The first-order valence-corrected chi connectivity index (χ1v) is 6.82. The zero-order valence-corrected chi connectivity index (χ0v) is 11.5. The Labute approximate surface area is 113 Å². The highest BCUT2D eigenvalue weighted by atomic mass is 16.5. The zero-order chi connectivity index (χ0) is 14.3. The van der Waals surface area contributed by atoms with E-state index in [1.807, 2.05) is 0 Å². The summed E-state index contributed by atoms with van der Waals surface area (Å²) in [4.78, 5) is 23.4. The van der Waals surface area contributed by atoms with Crippen molar-refractivity contribution < 1.29 is 19.4 Å². The fourth-order valence-electron chi connectivity index (χ4n) is 2.45. The molecular formula is C13H24N2O4. The first-order valence-electron chi connectivity index (χ1n) is 6.82. The summed E-state index contributed by atoms with van der Waals surface area (Å²) in [5.74, 6) is -1.33. The number of carbonyl (C=O) groups is 2. The minimum Gasteiger partial charge on any atom is -0.480 e. The number of carbonyl (C=O) groups excluding carboxylic acids is 1. The minimum absolute atomic E-state index is 0.375.